The average molecular weight is 311 g/mol. The molecule has 2 rings (SSSR count). The first-order valence-corrected chi connectivity index (χ1v) is 8.18. The van der Waals surface area contributed by atoms with Crippen molar-refractivity contribution in [2.24, 2.45) is 0 Å². The number of nitrogens with zero attached hydrogens (tertiary/aromatic N) is 1. The third-order valence-corrected chi connectivity index (χ3v) is 3.72. The number of unbranched alkanes of at least 4 members (excludes halogenated alkanes) is 2. The van der Waals surface area contributed by atoms with E-state index in [1.807, 2.05) is 6.07 Å². The SMILES string of the molecule is CCCCCNC(=O)c1ccc(Nc2ccc(C)cc2C)cn1. The zero-order chi connectivity index (χ0) is 16.7. The molecular formula is C19H25N3O. The molecule has 0 saturated carbocycles. The molecule has 122 valence electrons. The number of aromatic nitrogens is 1. The van der Waals surface area contributed by atoms with Gasteiger partial charge in [0.25, 0.3) is 5.91 Å². The monoisotopic (exact) mass is 311 g/mol. The third-order valence-electron chi connectivity index (χ3n) is 3.72. The molecule has 1 amide bonds. The Kier molecular flexibility index (Phi) is 6.15. The smallest absolute Gasteiger partial charge is 0.269 e. The first-order valence-electron chi connectivity index (χ1n) is 8.18. The molecule has 4 heteroatoms. The molecule has 0 saturated heterocycles. The van der Waals surface area contributed by atoms with E-state index in [1.165, 1.54) is 11.1 Å². The predicted molar refractivity (Wildman–Crippen MR) is 95.3 cm³/mol. The van der Waals surface area contributed by atoms with E-state index in [4.69, 9.17) is 0 Å². The van der Waals surface area contributed by atoms with E-state index in [0.29, 0.717) is 12.2 Å². The number of aryl methyl sites for hydroxylation is 2. The minimum Gasteiger partial charge on any atom is -0.354 e. The van der Waals surface area contributed by atoms with Gasteiger partial charge in [-0.1, -0.05) is 37.5 Å². The van der Waals surface area contributed by atoms with Gasteiger partial charge in [0, 0.05) is 12.2 Å². The van der Waals surface area contributed by atoms with Gasteiger partial charge in [0.1, 0.15) is 5.69 Å². The number of rotatable bonds is 7. The van der Waals surface area contributed by atoms with Crippen LogP contribution in [0.2, 0.25) is 0 Å². The molecule has 2 aromatic rings. The van der Waals surface area contributed by atoms with Gasteiger partial charge in [-0.25, -0.2) is 4.98 Å². The molecule has 0 bridgehead atoms. The fraction of sp³-hybridized carbons (Fsp3) is 0.368. The van der Waals surface area contributed by atoms with Crippen molar-refractivity contribution in [1.29, 1.82) is 0 Å². The molecule has 0 atom stereocenters. The lowest BCUT2D eigenvalue weighted by Crippen LogP contribution is -2.25. The minimum atomic E-state index is -0.112. The molecule has 23 heavy (non-hydrogen) atoms. The van der Waals surface area contributed by atoms with Crippen LogP contribution in [-0.4, -0.2) is 17.4 Å². The number of carbonyl (C=O) groups excluding carboxylic acids is 1. The highest BCUT2D eigenvalue weighted by Crippen LogP contribution is 2.21. The van der Waals surface area contributed by atoms with Crippen molar-refractivity contribution in [3.05, 3.63) is 53.3 Å². The molecule has 0 aliphatic carbocycles. The number of pyridine rings is 1. The molecule has 0 spiro atoms. The standard InChI is InChI=1S/C19H25N3O/c1-4-5-6-11-20-19(23)18-10-8-16(13-21-18)22-17-9-7-14(2)12-15(17)3/h7-10,12-13,22H,4-6,11H2,1-3H3,(H,20,23). The summed E-state index contributed by atoms with van der Waals surface area (Å²) in [4.78, 5) is 16.2. The summed E-state index contributed by atoms with van der Waals surface area (Å²) in [6, 6.07) is 9.89. The fourth-order valence-electron chi connectivity index (χ4n) is 2.38. The lowest BCUT2D eigenvalue weighted by atomic mass is 10.1. The van der Waals surface area contributed by atoms with Crippen LogP contribution in [0.3, 0.4) is 0 Å². The molecular weight excluding hydrogens is 286 g/mol. The Morgan fingerprint density at radius 1 is 1.13 bits per heavy atom. The molecule has 4 nitrogen and oxygen atoms in total. The van der Waals surface area contributed by atoms with Crippen LogP contribution in [0, 0.1) is 13.8 Å². The molecule has 1 aromatic heterocycles. The van der Waals surface area contributed by atoms with Gasteiger partial charge in [-0.3, -0.25) is 4.79 Å². The van der Waals surface area contributed by atoms with Crippen molar-refractivity contribution in [2.45, 2.75) is 40.0 Å². The zero-order valence-corrected chi connectivity index (χ0v) is 14.1. The first kappa shape index (κ1) is 17.0. The van der Waals surface area contributed by atoms with Gasteiger partial charge in [0.05, 0.1) is 11.9 Å². The average Bonchev–Trinajstić information content (AvgIpc) is 2.55. The Balaban J connectivity index is 1.95. The second-order valence-corrected chi connectivity index (χ2v) is 5.84. The summed E-state index contributed by atoms with van der Waals surface area (Å²) in [6.45, 7) is 6.99. The van der Waals surface area contributed by atoms with E-state index in [1.54, 1.807) is 12.3 Å². The van der Waals surface area contributed by atoms with Crippen LogP contribution in [0.4, 0.5) is 11.4 Å². The topological polar surface area (TPSA) is 54.0 Å². The zero-order valence-electron chi connectivity index (χ0n) is 14.1. The molecule has 0 aliphatic heterocycles. The fourth-order valence-corrected chi connectivity index (χ4v) is 2.38. The summed E-state index contributed by atoms with van der Waals surface area (Å²) in [6.07, 6.45) is 4.98. The molecule has 0 radical (unpaired) electrons. The quantitative estimate of drug-likeness (QED) is 0.747. The van der Waals surface area contributed by atoms with Crippen LogP contribution < -0.4 is 10.6 Å². The van der Waals surface area contributed by atoms with Gasteiger partial charge >= 0.3 is 0 Å². The van der Waals surface area contributed by atoms with Crippen molar-refractivity contribution >= 4 is 17.3 Å². The van der Waals surface area contributed by atoms with E-state index < -0.39 is 0 Å². The van der Waals surface area contributed by atoms with Crippen molar-refractivity contribution in [3.63, 3.8) is 0 Å². The van der Waals surface area contributed by atoms with E-state index in [-0.39, 0.29) is 5.91 Å². The molecule has 0 unspecified atom stereocenters. The van der Waals surface area contributed by atoms with E-state index in [9.17, 15) is 4.79 Å². The first-order chi connectivity index (χ1) is 11.1. The Morgan fingerprint density at radius 3 is 2.61 bits per heavy atom. The Hall–Kier alpha value is -2.36. The number of nitrogens with one attached hydrogen (secondary N) is 2. The van der Waals surface area contributed by atoms with Crippen molar-refractivity contribution in [3.8, 4) is 0 Å². The number of anilines is 2. The van der Waals surface area contributed by atoms with Gasteiger partial charge in [0.15, 0.2) is 0 Å². The Bertz CT molecular complexity index is 650. The number of carbonyl (C=O) groups is 1. The Labute approximate surface area is 138 Å². The maximum atomic E-state index is 12.0. The second kappa shape index (κ2) is 8.32. The van der Waals surface area contributed by atoms with Crippen LogP contribution >= 0.6 is 0 Å². The van der Waals surface area contributed by atoms with Crippen molar-refractivity contribution in [2.75, 3.05) is 11.9 Å². The van der Waals surface area contributed by atoms with Gasteiger partial charge < -0.3 is 10.6 Å². The number of amides is 1. The molecule has 1 heterocycles. The highest BCUT2D eigenvalue weighted by molar-refractivity contribution is 5.92. The summed E-state index contributed by atoms with van der Waals surface area (Å²) in [5.41, 5.74) is 4.80. The normalized spacial score (nSPS) is 10.4. The number of benzene rings is 1. The molecule has 0 fully saturated rings. The largest absolute Gasteiger partial charge is 0.354 e. The van der Waals surface area contributed by atoms with E-state index in [0.717, 1.165) is 30.6 Å². The third kappa shape index (κ3) is 5.09. The maximum Gasteiger partial charge on any atom is 0.269 e. The summed E-state index contributed by atoms with van der Waals surface area (Å²) < 4.78 is 0. The number of hydrogen-bond acceptors (Lipinski definition) is 3. The Morgan fingerprint density at radius 2 is 1.96 bits per heavy atom. The highest BCUT2D eigenvalue weighted by Gasteiger charge is 2.06. The van der Waals surface area contributed by atoms with Crippen LogP contribution in [0.15, 0.2) is 36.5 Å². The molecule has 2 N–H and O–H groups in total. The van der Waals surface area contributed by atoms with Gasteiger partial charge in [0.2, 0.25) is 0 Å². The van der Waals surface area contributed by atoms with Gasteiger partial charge in [-0.05, 0) is 44.0 Å². The van der Waals surface area contributed by atoms with E-state index in [2.05, 4.69) is 54.6 Å². The van der Waals surface area contributed by atoms with Crippen LogP contribution in [0.25, 0.3) is 0 Å². The maximum absolute atomic E-state index is 12.0. The molecule has 1 aromatic carbocycles. The van der Waals surface area contributed by atoms with Crippen molar-refractivity contribution < 1.29 is 4.79 Å². The van der Waals surface area contributed by atoms with Crippen LogP contribution in [0.5, 0.6) is 0 Å². The molecule has 0 aliphatic rings. The lowest BCUT2D eigenvalue weighted by Gasteiger charge is -2.10. The minimum absolute atomic E-state index is 0.112. The van der Waals surface area contributed by atoms with Gasteiger partial charge in [-0.15, -0.1) is 0 Å². The lowest BCUT2D eigenvalue weighted by molar-refractivity contribution is 0.0948. The van der Waals surface area contributed by atoms with Gasteiger partial charge in [-0.2, -0.15) is 0 Å². The summed E-state index contributed by atoms with van der Waals surface area (Å²) >= 11 is 0. The summed E-state index contributed by atoms with van der Waals surface area (Å²) in [7, 11) is 0. The summed E-state index contributed by atoms with van der Waals surface area (Å²) in [5, 5.41) is 6.23. The van der Waals surface area contributed by atoms with Crippen molar-refractivity contribution in [1.82, 2.24) is 10.3 Å². The van der Waals surface area contributed by atoms with Crippen LogP contribution in [0.1, 0.15) is 47.8 Å². The second-order valence-electron chi connectivity index (χ2n) is 5.84. The highest BCUT2D eigenvalue weighted by atomic mass is 16.1. The van der Waals surface area contributed by atoms with Crippen LogP contribution in [-0.2, 0) is 0 Å². The van der Waals surface area contributed by atoms with E-state index >= 15 is 0 Å². The predicted octanol–water partition coefficient (Wildman–Crippen LogP) is 4.36. The number of hydrogen-bond donors (Lipinski definition) is 2. The summed E-state index contributed by atoms with van der Waals surface area (Å²) in [5.74, 6) is -0.112.